The Labute approximate surface area is 97.5 Å². The monoisotopic (exact) mass is 216 g/mol. The quantitative estimate of drug-likeness (QED) is 0.818. The molecule has 0 aliphatic heterocycles. The van der Waals surface area contributed by atoms with E-state index in [9.17, 15) is 0 Å². The van der Waals surface area contributed by atoms with E-state index in [0.717, 1.165) is 17.9 Å². The Kier molecular flexibility index (Phi) is 2.68. The Balaban J connectivity index is 1.64. The first-order valence-corrected chi connectivity index (χ1v) is 6.51. The van der Waals surface area contributed by atoms with Gasteiger partial charge in [0.2, 0.25) is 0 Å². The number of nitrogens with one attached hydrogen (secondary N) is 1. The second-order valence-corrected chi connectivity index (χ2v) is 5.34. The third kappa shape index (κ3) is 2.27. The lowest BCUT2D eigenvalue weighted by molar-refractivity contribution is 0.374. The third-order valence-electron chi connectivity index (χ3n) is 3.83. The molecule has 1 aromatic heterocycles. The second-order valence-electron chi connectivity index (χ2n) is 5.34. The van der Waals surface area contributed by atoms with E-state index < -0.39 is 0 Å². The molecule has 86 valence electrons. The summed E-state index contributed by atoms with van der Waals surface area (Å²) in [6, 6.07) is 7.33. The molecule has 2 aliphatic rings. The molecule has 0 saturated heterocycles. The minimum Gasteiger partial charge on any atom is -0.306 e. The molecular formula is C14H20N2. The third-order valence-corrected chi connectivity index (χ3v) is 3.83. The Morgan fingerprint density at radius 2 is 1.88 bits per heavy atom. The lowest BCUT2D eigenvalue weighted by Crippen LogP contribution is -2.35. The highest BCUT2D eigenvalue weighted by molar-refractivity contribution is 5.09. The van der Waals surface area contributed by atoms with Crippen molar-refractivity contribution < 1.29 is 0 Å². The van der Waals surface area contributed by atoms with Crippen LogP contribution in [0.3, 0.4) is 0 Å². The largest absolute Gasteiger partial charge is 0.306 e. The van der Waals surface area contributed by atoms with Crippen molar-refractivity contribution in [3.8, 4) is 0 Å². The van der Waals surface area contributed by atoms with Crippen molar-refractivity contribution in [1.29, 1.82) is 0 Å². The predicted octanol–water partition coefficient (Wildman–Crippen LogP) is 2.92. The first kappa shape index (κ1) is 10.3. The number of hydrogen-bond donors (Lipinski definition) is 1. The number of rotatable bonds is 5. The Bertz CT molecular complexity index is 329. The molecule has 1 heterocycles. The topological polar surface area (TPSA) is 24.9 Å². The van der Waals surface area contributed by atoms with Gasteiger partial charge in [0.1, 0.15) is 0 Å². The highest BCUT2D eigenvalue weighted by atomic mass is 15.0. The molecule has 2 saturated carbocycles. The van der Waals surface area contributed by atoms with Gasteiger partial charge in [-0.2, -0.15) is 0 Å². The first-order valence-electron chi connectivity index (χ1n) is 6.51. The van der Waals surface area contributed by atoms with Crippen LogP contribution in [0.15, 0.2) is 24.4 Å². The van der Waals surface area contributed by atoms with Crippen LogP contribution >= 0.6 is 0 Å². The van der Waals surface area contributed by atoms with Gasteiger partial charge in [0, 0.05) is 18.3 Å². The Morgan fingerprint density at radius 3 is 2.38 bits per heavy atom. The van der Waals surface area contributed by atoms with E-state index in [1.165, 1.54) is 31.4 Å². The van der Waals surface area contributed by atoms with Crippen molar-refractivity contribution in [1.82, 2.24) is 10.3 Å². The highest BCUT2D eigenvalue weighted by Gasteiger charge is 2.41. The second kappa shape index (κ2) is 4.17. The van der Waals surface area contributed by atoms with Crippen molar-refractivity contribution in [2.45, 2.75) is 44.7 Å². The summed E-state index contributed by atoms with van der Waals surface area (Å²) in [5, 5.41) is 3.79. The lowest BCUT2D eigenvalue weighted by atomic mass is 10.1. The van der Waals surface area contributed by atoms with Crippen LogP contribution in [0.4, 0.5) is 0 Å². The maximum atomic E-state index is 4.43. The van der Waals surface area contributed by atoms with Gasteiger partial charge < -0.3 is 5.32 Å². The summed E-state index contributed by atoms with van der Waals surface area (Å²) in [6.07, 6.45) is 7.62. The average molecular weight is 216 g/mol. The minimum atomic E-state index is 0.396. The fourth-order valence-electron chi connectivity index (χ4n) is 2.57. The smallest absolute Gasteiger partial charge is 0.0570 e. The van der Waals surface area contributed by atoms with Crippen LogP contribution in [0, 0.1) is 11.8 Å². The van der Waals surface area contributed by atoms with Crippen molar-refractivity contribution in [2.24, 2.45) is 11.8 Å². The van der Waals surface area contributed by atoms with Gasteiger partial charge in [-0.05, 0) is 56.6 Å². The molecule has 2 aliphatic carbocycles. The van der Waals surface area contributed by atoms with E-state index in [1.807, 2.05) is 12.3 Å². The van der Waals surface area contributed by atoms with Crippen LogP contribution in [0.2, 0.25) is 0 Å². The van der Waals surface area contributed by atoms with Crippen molar-refractivity contribution in [3.63, 3.8) is 0 Å². The van der Waals surface area contributed by atoms with Gasteiger partial charge in [0.15, 0.2) is 0 Å². The molecule has 2 fully saturated rings. The van der Waals surface area contributed by atoms with Gasteiger partial charge >= 0.3 is 0 Å². The van der Waals surface area contributed by atoms with E-state index in [0.29, 0.717) is 6.04 Å². The van der Waals surface area contributed by atoms with Crippen molar-refractivity contribution in [2.75, 3.05) is 0 Å². The van der Waals surface area contributed by atoms with Crippen LogP contribution in [0.1, 0.15) is 44.3 Å². The molecule has 0 unspecified atom stereocenters. The molecule has 3 rings (SSSR count). The molecule has 0 spiro atoms. The summed E-state index contributed by atoms with van der Waals surface area (Å²) in [5.41, 5.74) is 1.17. The Hall–Kier alpha value is -0.890. The SMILES string of the molecule is C[C@@H](NC(C1CC1)C1CC1)c1ccccn1. The summed E-state index contributed by atoms with van der Waals surface area (Å²) in [5.74, 6) is 1.91. The summed E-state index contributed by atoms with van der Waals surface area (Å²) < 4.78 is 0. The maximum Gasteiger partial charge on any atom is 0.0570 e. The summed E-state index contributed by atoms with van der Waals surface area (Å²) in [7, 11) is 0. The van der Waals surface area contributed by atoms with Crippen LogP contribution in [0.5, 0.6) is 0 Å². The Morgan fingerprint density at radius 1 is 1.19 bits per heavy atom. The van der Waals surface area contributed by atoms with E-state index in [2.05, 4.69) is 29.4 Å². The summed E-state index contributed by atoms with van der Waals surface area (Å²) >= 11 is 0. The zero-order chi connectivity index (χ0) is 11.0. The fraction of sp³-hybridized carbons (Fsp3) is 0.643. The van der Waals surface area contributed by atoms with E-state index in [4.69, 9.17) is 0 Å². The minimum absolute atomic E-state index is 0.396. The first-order chi connectivity index (χ1) is 7.84. The van der Waals surface area contributed by atoms with E-state index >= 15 is 0 Å². The molecule has 0 radical (unpaired) electrons. The molecule has 0 aromatic carbocycles. The molecule has 0 amide bonds. The van der Waals surface area contributed by atoms with Gasteiger partial charge in [0.25, 0.3) is 0 Å². The normalized spacial score (nSPS) is 22.4. The van der Waals surface area contributed by atoms with Crippen LogP contribution in [0.25, 0.3) is 0 Å². The van der Waals surface area contributed by atoms with Crippen LogP contribution < -0.4 is 5.32 Å². The summed E-state index contributed by atoms with van der Waals surface area (Å²) in [4.78, 5) is 4.43. The van der Waals surface area contributed by atoms with E-state index in [-0.39, 0.29) is 0 Å². The molecule has 16 heavy (non-hydrogen) atoms. The summed E-state index contributed by atoms with van der Waals surface area (Å²) in [6.45, 7) is 2.24. The number of nitrogens with zero attached hydrogens (tertiary/aromatic N) is 1. The molecule has 2 heteroatoms. The predicted molar refractivity (Wildman–Crippen MR) is 65.0 cm³/mol. The van der Waals surface area contributed by atoms with Crippen molar-refractivity contribution >= 4 is 0 Å². The molecule has 1 N–H and O–H groups in total. The fourth-order valence-corrected chi connectivity index (χ4v) is 2.57. The van der Waals surface area contributed by atoms with Gasteiger partial charge in [-0.1, -0.05) is 6.07 Å². The zero-order valence-corrected chi connectivity index (χ0v) is 9.89. The van der Waals surface area contributed by atoms with E-state index in [1.54, 1.807) is 0 Å². The highest BCUT2D eigenvalue weighted by Crippen LogP contribution is 2.45. The van der Waals surface area contributed by atoms with Gasteiger partial charge in [-0.3, -0.25) is 4.98 Å². The number of aromatic nitrogens is 1. The molecule has 2 nitrogen and oxygen atoms in total. The van der Waals surface area contributed by atoms with Crippen LogP contribution in [-0.2, 0) is 0 Å². The zero-order valence-electron chi connectivity index (χ0n) is 9.89. The molecule has 0 bridgehead atoms. The number of hydrogen-bond acceptors (Lipinski definition) is 2. The van der Waals surface area contributed by atoms with Gasteiger partial charge in [-0.15, -0.1) is 0 Å². The standard InChI is InChI=1S/C14H20N2/c1-10(13-4-2-3-9-15-13)16-14(11-5-6-11)12-7-8-12/h2-4,9-12,14,16H,5-8H2,1H3/t10-/m1/s1. The molecule has 1 aromatic rings. The average Bonchev–Trinajstić information content (AvgIpc) is 3.19. The number of pyridine rings is 1. The maximum absolute atomic E-state index is 4.43. The van der Waals surface area contributed by atoms with Crippen LogP contribution in [-0.4, -0.2) is 11.0 Å². The van der Waals surface area contributed by atoms with Gasteiger partial charge in [-0.25, -0.2) is 0 Å². The van der Waals surface area contributed by atoms with Gasteiger partial charge in [0.05, 0.1) is 5.69 Å². The molecular weight excluding hydrogens is 196 g/mol. The molecule has 1 atom stereocenters. The lowest BCUT2D eigenvalue weighted by Gasteiger charge is -2.22. The van der Waals surface area contributed by atoms with Crippen molar-refractivity contribution in [3.05, 3.63) is 30.1 Å².